The van der Waals surface area contributed by atoms with Gasteiger partial charge in [0.15, 0.2) is 12.4 Å². The van der Waals surface area contributed by atoms with Gasteiger partial charge >= 0.3 is 5.97 Å². The molecule has 26 heavy (non-hydrogen) atoms. The summed E-state index contributed by atoms with van der Waals surface area (Å²) in [6.45, 7) is 1.51. The first-order valence-electron chi connectivity index (χ1n) is 7.98. The average Bonchev–Trinajstić information content (AvgIpc) is 3.15. The Hall–Kier alpha value is -2.80. The Balaban J connectivity index is 1.64. The SMILES string of the molecule is C[C@@H](NC(=O)COC(=O)CCNC(=O)c1ccco1)c1ccc(Cl)cc1. The van der Waals surface area contributed by atoms with Crippen LogP contribution in [-0.4, -0.2) is 30.9 Å². The van der Waals surface area contributed by atoms with Crippen molar-refractivity contribution in [3.05, 3.63) is 59.0 Å². The molecule has 1 aromatic carbocycles. The smallest absolute Gasteiger partial charge is 0.308 e. The van der Waals surface area contributed by atoms with Crippen LogP contribution in [0.5, 0.6) is 0 Å². The highest BCUT2D eigenvalue weighted by atomic mass is 35.5. The molecule has 1 aromatic heterocycles. The summed E-state index contributed by atoms with van der Waals surface area (Å²) >= 11 is 5.82. The molecule has 2 rings (SSSR count). The number of benzene rings is 1. The van der Waals surface area contributed by atoms with Gasteiger partial charge in [-0.15, -0.1) is 0 Å². The maximum atomic E-state index is 11.8. The van der Waals surface area contributed by atoms with E-state index in [4.69, 9.17) is 20.8 Å². The van der Waals surface area contributed by atoms with Gasteiger partial charge in [-0.1, -0.05) is 23.7 Å². The Kier molecular flexibility index (Phi) is 7.23. The molecule has 0 radical (unpaired) electrons. The molecule has 138 valence electrons. The van der Waals surface area contributed by atoms with Crippen molar-refractivity contribution >= 4 is 29.4 Å². The molecular formula is C18H19ClN2O5. The van der Waals surface area contributed by atoms with Crippen molar-refractivity contribution in [2.24, 2.45) is 0 Å². The lowest BCUT2D eigenvalue weighted by Gasteiger charge is -2.14. The number of nitrogens with one attached hydrogen (secondary N) is 2. The molecule has 1 atom stereocenters. The van der Waals surface area contributed by atoms with Gasteiger partial charge in [-0.3, -0.25) is 14.4 Å². The molecule has 0 aliphatic heterocycles. The summed E-state index contributed by atoms with van der Waals surface area (Å²) in [5.74, 6) is -1.26. The van der Waals surface area contributed by atoms with Gasteiger partial charge in [-0.2, -0.15) is 0 Å². The van der Waals surface area contributed by atoms with E-state index in [2.05, 4.69) is 10.6 Å². The molecule has 7 nitrogen and oxygen atoms in total. The number of rotatable bonds is 8. The zero-order valence-corrected chi connectivity index (χ0v) is 14.9. The highest BCUT2D eigenvalue weighted by Gasteiger charge is 2.13. The lowest BCUT2D eigenvalue weighted by atomic mass is 10.1. The van der Waals surface area contributed by atoms with E-state index in [0.29, 0.717) is 5.02 Å². The van der Waals surface area contributed by atoms with Crippen LogP contribution in [0.2, 0.25) is 5.02 Å². The predicted octanol–water partition coefficient (Wildman–Crippen LogP) is 2.47. The predicted molar refractivity (Wildman–Crippen MR) is 94.6 cm³/mol. The number of furan rings is 1. The molecular weight excluding hydrogens is 360 g/mol. The number of hydrogen-bond donors (Lipinski definition) is 2. The summed E-state index contributed by atoms with van der Waals surface area (Å²) in [5, 5.41) is 5.85. The van der Waals surface area contributed by atoms with Gasteiger partial charge in [0.25, 0.3) is 11.8 Å². The lowest BCUT2D eigenvalue weighted by Crippen LogP contribution is -2.32. The van der Waals surface area contributed by atoms with Gasteiger partial charge in [-0.05, 0) is 36.8 Å². The zero-order chi connectivity index (χ0) is 18.9. The number of amides is 2. The van der Waals surface area contributed by atoms with Gasteiger partial charge in [0.05, 0.1) is 18.7 Å². The second kappa shape index (κ2) is 9.62. The Labute approximate surface area is 155 Å². The molecule has 0 aliphatic rings. The Morgan fingerprint density at radius 1 is 1.19 bits per heavy atom. The van der Waals surface area contributed by atoms with Crippen molar-refractivity contribution in [1.29, 1.82) is 0 Å². The fourth-order valence-electron chi connectivity index (χ4n) is 2.11. The minimum Gasteiger partial charge on any atom is -0.459 e. The first-order valence-corrected chi connectivity index (χ1v) is 8.35. The maximum absolute atomic E-state index is 11.8. The van der Waals surface area contributed by atoms with Crippen molar-refractivity contribution < 1.29 is 23.5 Å². The second-order valence-corrected chi connectivity index (χ2v) is 5.92. The van der Waals surface area contributed by atoms with Crippen LogP contribution in [0, 0.1) is 0 Å². The average molecular weight is 379 g/mol. The highest BCUT2D eigenvalue weighted by Crippen LogP contribution is 2.15. The number of halogens is 1. The molecule has 8 heteroatoms. The van der Waals surface area contributed by atoms with E-state index >= 15 is 0 Å². The molecule has 0 saturated heterocycles. The van der Waals surface area contributed by atoms with Gasteiger partial charge in [-0.25, -0.2) is 0 Å². The van der Waals surface area contributed by atoms with Crippen molar-refractivity contribution in [2.75, 3.05) is 13.2 Å². The fourth-order valence-corrected chi connectivity index (χ4v) is 2.24. The largest absolute Gasteiger partial charge is 0.459 e. The van der Waals surface area contributed by atoms with E-state index in [9.17, 15) is 14.4 Å². The van der Waals surface area contributed by atoms with Crippen LogP contribution in [0.15, 0.2) is 47.1 Å². The van der Waals surface area contributed by atoms with E-state index in [1.165, 1.54) is 12.3 Å². The molecule has 0 fully saturated rings. The molecule has 1 heterocycles. The number of esters is 1. The minimum atomic E-state index is -0.584. The topological polar surface area (TPSA) is 97.6 Å². The third-order valence-electron chi connectivity index (χ3n) is 3.47. The van der Waals surface area contributed by atoms with Crippen LogP contribution in [-0.2, 0) is 14.3 Å². The summed E-state index contributed by atoms with van der Waals surface area (Å²) in [4.78, 5) is 35.1. The van der Waals surface area contributed by atoms with Crippen LogP contribution in [0.25, 0.3) is 0 Å². The van der Waals surface area contributed by atoms with Gasteiger partial charge in [0.2, 0.25) is 0 Å². The van der Waals surface area contributed by atoms with Crippen LogP contribution in [0.3, 0.4) is 0 Å². The van der Waals surface area contributed by atoms with Crippen LogP contribution < -0.4 is 10.6 Å². The van der Waals surface area contributed by atoms with Crippen molar-refractivity contribution in [3.8, 4) is 0 Å². The fraction of sp³-hybridized carbons (Fsp3) is 0.278. The Morgan fingerprint density at radius 3 is 2.58 bits per heavy atom. The van der Waals surface area contributed by atoms with Crippen molar-refractivity contribution in [3.63, 3.8) is 0 Å². The van der Waals surface area contributed by atoms with Crippen molar-refractivity contribution in [2.45, 2.75) is 19.4 Å². The van der Waals surface area contributed by atoms with Crippen LogP contribution in [0.1, 0.15) is 35.5 Å². The molecule has 2 aromatic rings. The molecule has 0 aliphatic carbocycles. The molecule has 0 spiro atoms. The summed E-state index contributed by atoms with van der Waals surface area (Å²) in [5.41, 5.74) is 0.884. The monoisotopic (exact) mass is 378 g/mol. The van der Waals surface area contributed by atoms with E-state index in [0.717, 1.165) is 5.56 Å². The van der Waals surface area contributed by atoms with Crippen LogP contribution in [0.4, 0.5) is 0 Å². The number of carbonyl (C=O) groups excluding carboxylic acids is 3. The summed E-state index contributed by atoms with van der Waals surface area (Å²) in [7, 11) is 0. The van der Waals surface area contributed by atoms with Crippen LogP contribution >= 0.6 is 11.6 Å². The van der Waals surface area contributed by atoms with Gasteiger partial charge in [0, 0.05) is 11.6 Å². The third-order valence-corrected chi connectivity index (χ3v) is 3.72. The van der Waals surface area contributed by atoms with E-state index < -0.39 is 17.8 Å². The lowest BCUT2D eigenvalue weighted by molar-refractivity contribution is -0.148. The summed E-state index contributed by atoms with van der Waals surface area (Å²) in [6, 6.07) is 9.94. The quantitative estimate of drug-likeness (QED) is 0.688. The summed E-state index contributed by atoms with van der Waals surface area (Å²) < 4.78 is 9.81. The Bertz CT molecular complexity index is 743. The normalized spacial score (nSPS) is 11.5. The third kappa shape index (κ3) is 6.25. The molecule has 2 N–H and O–H groups in total. The van der Waals surface area contributed by atoms with E-state index in [1.807, 2.05) is 6.92 Å². The molecule has 0 bridgehead atoms. The molecule has 2 amide bonds. The zero-order valence-electron chi connectivity index (χ0n) is 14.2. The second-order valence-electron chi connectivity index (χ2n) is 5.48. The van der Waals surface area contributed by atoms with E-state index in [1.54, 1.807) is 30.3 Å². The first-order chi connectivity index (χ1) is 12.5. The molecule has 0 saturated carbocycles. The van der Waals surface area contributed by atoms with Crippen molar-refractivity contribution in [1.82, 2.24) is 10.6 Å². The Morgan fingerprint density at radius 2 is 1.92 bits per heavy atom. The minimum absolute atomic E-state index is 0.0491. The van der Waals surface area contributed by atoms with Gasteiger partial charge in [0.1, 0.15) is 0 Å². The number of hydrogen-bond acceptors (Lipinski definition) is 5. The first kappa shape index (κ1) is 19.5. The standard InChI is InChI=1S/C18H19ClN2O5/c1-12(13-4-6-14(19)7-5-13)21-16(22)11-26-17(23)8-9-20-18(24)15-3-2-10-25-15/h2-7,10,12H,8-9,11H2,1H3,(H,20,24)(H,21,22)/t12-/m1/s1. The highest BCUT2D eigenvalue weighted by molar-refractivity contribution is 6.30. The summed E-state index contributed by atoms with van der Waals surface area (Å²) in [6.07, 6.45) is 1.33. The van der Waals surface area contributed by atoms with Gasteiger partial charge < -0.3 is 19.8 Å². The molecule has 0 unspecified atom stereocenters. The number of ether oxygens (including phenoxy) is 1. The van der Waals surface area contributed by atoms with E-state index in [-0.39, 0.29) is 31.4 Å². The maximum Gasteiger partial charge on any atom is 0.308 e. The number of carbonyl (C=O) groups is 3.